The molecule has 19 heteroatoms. The van der Waals surface area contributed by atoms with Crippen molar-refractivity contribution < 1.29 is 55.0 Å². The minimum Gasteiger partial charge on any atom is -0.497 e. The van der Waals surface area contributed by atoms with Crippen LogP contribution >= 0.6 is 0 Å². The van der Waals surface area contributed by atoms with Crippen LogP contribution in [0.15, 0.2) is 30.4 Å². The summed E-state index contributed by atoms with van der Waals surface area (Å²) in [6, 6.07) is 1.59. The maximum atomic E-state index is 14.5. The van der Waals surface area contributed by atoms with Crippen LogP contribution in [0.25, 0.3) is 11.0 Å². The molecule has 2 saturated carbocycles. The van der Waals surface area contributed by atoms with E-state index >= 15 is 0 Å². The summed E-state index contributed by atoms with van der Waals surface area (Å²) < 4.78 is 87.0. The molecule has 0 radical (unpaired) electrons. The molecular weight excluding hydrogens is 774 g/mol. The van der Waals surface area contributed by atoms with E-state index in [4.69, 9.17) is 14.2 Å². The van der Waals surface area contributed by atoms with Crippen molar-refractivity contribution in [2.75, 3.05) is 13.7 Å². The normalized spacial score (nSPS) is 27.5. The van der Waals surface area contributed by atoms with Gasteiger partial charge in [0, 0.05) is 18.4 Å². The highest BCUT2D eigenvalue weighted by molar-refractivity contribution is 7.91. The SMILES string of the molecule is COc1ccc2nc(O[C@@H]3C[C@H]4C(=O)N[C@]5(C(=O)NS(=O)(=O)C6(C)CC6)C[C@H]5/C=C/CCCCC[C@H](NC(=O)O[C@H](C)C(C)C)C(=O)N4C3)c(C(F)(F)F)nc2c1. The van der Waals surface area contributed by atoms with Gasteiger partial charge < -0.3 is 29.7 Å². The lowest BCUT2D eigenvalue weighted by Crippen LogP contribution is -2.58. The number of amides is 4. The number of nitrogens with zero attached hydrogens (tertiary/aromatic N) is 3. The first-order valence-corrected chi connectivity index (χ1v) is 20.7. The van der Waals surface area contributed by atoms with Crippen molar-refractivity contribution in [1.29, 1.82) is 0 Å². The van der Waals surface area contributed by atoms with Crippen LogP contribution in [0.3, 0.4) is 0 Å². The number of fused-ring (bicyclic) bond motifs is 3. The number of aromatic nitrogens is 2. The van der Waals surface area contributed by atoms with Crippen molar-refractivity contribution in [3.8, 4) is 11.6 Å². The average Bonchev–Trinajstić information content (AvgIpc) is 4.02. The van der Waals surface area contributed by atoms with E-state index in [1.165, 1.54) is 32.2 Å². The molecule has 1 saturated heterocycles. The Morgan fingerprint density at radius 2 is 1.81 bits per heavy atom. The molecule has 3 N–H and O–H groups in total. The first-order chi connectivity index (χ1) is 26.8. The van der Waals surface area contributed by atoms with Gasteiger partial charge >= 0.3 is 12.3 Å². The molecule has 57 heavy (non-hydrogen) atoms. The van der Waals surface area contributed by atoms with Crippen molar-refractivity contribution in [3.63, 3.8) is 0 Å². The zero-order valence-electron chi connectivity index (χ0n) is 32.5. The van der Waals surface area contributed by atoms with Crippen LogP contribution in [0.2, 0.25) is 0 Å². The van der Waals surface area contributed by atoms with Gasteiger partial charge in [0.2, 0.25) is 33.4 Å². The number of benzene rings is 1. The Kier molecular flexibility index (Phi) is 11.7. The second-order valence-corrected chi connectivity index (χ2v) is 18.2. The Hall–Kier alpha value is -4.68. The number of sulfonamides is 1. The maximum absolute atomic E-state index is 14.5. The fraction of sp³-hybridized carbons (Fsp3) is 0.632. The first kappa shape index (κ1) is 41.9. The highest BCUT2D eigenvalue weighted by Crippen LogP contribution is 2.47. The molecule has 4 aliphatic rings. The number of ether oxygens (including phenoxy) is 3. The molecule has 4 amide bonds. The zero-order valence-corrected chi connectivity index (χ0v) is 33.3. The van der Waals surface area contributed by atoms with Crippen LogP contribution in [0.5, 0.6) is 11.6 Å². The monoisotopic (exact) mass is 822 g/mol. The van der Waals surface area contributed by atoms with Gasteiger partial charge in [-0.25, -0.2) is 23.2 Å². The second kappa shape index (κ2) is 15.9. The number of alkyl halides is 3. The van der Waals surface area contributed by atoms with Gasteiger partial charge in [-0.3, -0.25) is 19.1 Å². The van der Waals surface area contributed by atoms with Crippen LogP contribution in [0.1, 0.15) is 91.2 Å². The van der Waals surface area contributed by atoms with Crippen molar-refractivity contribution in [1.82, 2.24) is 30.2 Å². The lowest BCUT2D eigenvalue weighted by molar-refractivity contribution is -0.143. The van der Waals surface area contributed by atoms with Gasteiger partial charge in [-0.2, -0.15) is 13.2 Å². The Bertz CT molecular complexity index is 2040. The molecule has 1 aromatic heterocycles. The molecule has 6 atom stereocenters. The molecule has 6 rings (SSSR count). The number of halogens is 3. The second-order valence-electron chi connectivity index (χ2n) is 16.0. The van der Waals surface area contributed by atoms with Crippen LogP contribution in [0.4, 0.5) is 18.0 Å². The summed E-state index contributed by atoms with van der Waals surface area (Å²) in [5.41, 5.74) is -3.15. The smallest absolute Gasteiger partial charge is 0.438 e. The highest BCUT2D eigenvalue weighted by Gasteiger charge is 2.63. The molecule has 0 unspecified atom stereocenters. The fourth-order valence-electron chi connectivity index (χ4n) is 7.00. The quantitative estimate of drug-likeness (QED) is 0.301. The lowest BCUT2D eigenvalue weighted by atomic mass is 10.0. The van der Waals surface area contributed by atoms with E-state index in [2.05, 4.69) is 25.3 Å². The average molecular weight is 823 g/mol. The van der Waals surface area contributed by atoms with E-state index in [1.54, 1.807) is 13.0 Å². The van der Waals surface area contributed by atoms with Crippen LogP contribution in [-0.4, -0.2) is 95.3 Å². The predicted octanol–water partition coefficient (Wildman–Crippen LogP) is 4.54. The number of carbonyl (C=O) groups is 4. The summed E-state index contributed by atoms with van der Waals surface area (Å²) in [6.45, 7) is 6.53. The van der Waals surface area contributed by atoms with Gasteiger partial charge in [-0.05, 0) is 70.4 Å². The molecule has 2 aromatic rings. The maximum Gasteiger partial charge on any atom is 0.438 e. The third-order valence-corrected chi connectivity index (χ3v) is 13.5. The zero-order chi connectivity index (χ0) is 41.5. The summed E-state index contributed by atoms with van der Waals surface area (Å²) in [5.74, 6) is -3.71. The van der Waals surface area contributed by atoms with Crippen LogP contribution < -0.4 is 24.8 Å². The van der Waals surface area contributed by atoms with Gasteiger partial charge in [0.15, 0.2) is 0 Å². The van der Waals surface area contributed by atoms with Gasteiger partial charge in [-0.1, -0.05) is 38.8 Å². The number of alkyl carbamates (subject to hydrolysis) is 1. The van der Waals surface area contributed by atoms with E-state index in [1.807, 2.05) is 19.9 Å². The molecule has 0 bridgehead atoms. The molecule has 2 aliphatic heterocycles. The number of allylic oxidation sites excluding steroid dienone is 1. The van der Waals surface area contributed by atoms with Gasteiger partial charge in [-0.15, -0.1) is 0 Å². The molecule has 312 valence electrons. The summed E-state index contributed by atoms with van der Waals surface area (Å²) in [4.78, 5) is 64.7. The van der Waals surface area contributed by atoms with Crippen molar-refractivity contribution in [3.05, 3.63) is 36.0 Å². The summed E-state index contributed by atoms with van der Waals surface area (Å²) in [7, 11) is -2.74. The third-order valence-electron chi connectivity index (χ3n) is 11.4. The topological polar surface area (TPSA) is 195 Å². The minimum absolute atomic E-state index is 0.0308. The van der Waals surface area contributed by atoms with Crippen molar-refractivity contribution in [2.24, 2.45) is 11.8 Å². The van der Waals surface area contributed by atoms with E-state index < -0.39 is 98.6 Å². The van der Waals surface area contributed by atoms with E-state index in [-0.39, 0.29) is 42.0 Å². The number of hydrogen-bond donors (Lipinski definition) is 3. The molecule has 2 aliphatic carbocycles. The van der Waals surface area contributed by atoms with Gasteiger partial charge in [0.05, 0.1) is 29.4 Å². The Morgan fingerprint density at radius 3 is 2.47 bits per heavy atom. The van der Waals surface area contributed by atoms with E-state index in [9.17, 15) is 40.8 Å². The van der Waals surface area contributed by atoms with Crippen LogP contribution in [-0.2, 0) is 35.3 Å². The number of nitrogens with one attached hydrogen (secondary N) is 3. The molecule has 3 heterocycles. The number of hydrogen-bond acceptors (Lipinski definition) is 11. The molecule has 1 aromatic carbocycles. The van der Waals surface area contributed by atoms with Gasteiger partial charge in [0.1, 0.15) is 35.6 Å². The molecule has 3 fully saturated rings. The molecule has 15 nitrogen and oxygen atoms in total. The highest BCUT2D eigenvalue weighted by atomic mass is 32.2. The van der Waals surface area contributed by atoms with E-state index in [0.29, 0.717) is 38.5 Å². The molecular formula is C38H49F3N6O9S. The van der Waals surface area contributed by atoms with E-state index in [0.717, 1.165) is 4.90 Å². The van der Waals surface area contributed by atoms with Gasteiger partial charge in [0.25, 0.3) is 5.91 Å². The summed E-state index contributed by atoms with van der Waals surface area (Å²) >= 11 is 0. The predicted molar refractivity (Wildman–Crippen MR) is 199 cm³/mol. The number of carbonyl (C=O) groups excluding carboxylic acids is 4. The van der Waals surface area contributed by atoms with Crippen molar-refractivity contribution in [2.45, 2.75) is 126 Å². The number of methoxy groups -OCH3 is 1. The lowest BCUT2D eigenvalue weighted by Gasteiger charge is -2.30. The van der Waals surface area contributed by atoms with Crippen LogP contribution in [0, 0.1) is 11.8 Å². The minimum atomic E-state index is -5.01. The third kappa shape index (κ3) is 9.07. The number of rotatable bonds is 9. The van der Waals surface area contributed by atoms with Crippen molar-refractivity contribution >= 4 is 44.9 Å². The Morgan fingerprint density at radius 1 is 1.07 bits per heavy atom. The largest absolute Gasteiger partial charge is 0.497 e. The standard InChI is InChI=1S/C38H49F3N6O9S/c1-21(2)22(3)55-35(51)44-27-12-10-8-6-7-9-11-23-19-37(23,34(50)46-57(52,53)36(4)15-16-36)45-31(48)29-18-25(20-47(29)33(27)49)56-32-30(38(39,40)41)42-28-17-24(54-5)13-14-26(28)43-32/h9,11,13-14,17,21-23,25,27,29H,6-8,10,12,15-16,18-20H2,1-5H3,(H,44,51)(H,45,48)(H,46,50)/b11-9+/t22-,23-,25-,27+,29+,37-/m1/s1. The summed E-state index contributed by atoms with van der Waals surface area (Å²) in [6.07, 6.45) is -0.908. The summed E-state index contributed by atoms with van der Waals surface area (Å²) in [5, 5.41) is 5.36. The Labute approximate surface area is 328 Å². The molecule has 0 spiro atoms. The Balaban J connectivity index is 1.34. The fourth-order valence-corrected chi connectivity index (χ4v) is 8.31. The first-order valence-electron chi connectivity index (χ1n) is 19.2.